The summed E-state index contributed by atoms with van der Waals surface area (Å²) in [6.45, 7) is 4.51. The molecule has 0 amide bonds. The lowest BCUT2D eigenvalue weighted by Gasteiger charge is -2.03. The number of hydrogen-bond donors (Lipinski definition) is 1. The summed E-state index contributed by atoms with van der Waals surface area (Å²) in [5, 5.41) is 1.07. The van der Waals surface area contributed by atoms with E-state index in [0.717, 1.165) is 22.4 Å². The number of thioether (sulfide) groups is 1. The normalized spacial score (nSPS) is 10.8. The van der Waals surface area contributed by atoms with Crippen LogP contribution >= 0.6 is 11.8 Å². The Balaban J connectivity index is 2.21. The summed E-state index contributed by atoms with van der Waals surface area (Å²) < 4.78 is 0. The molecule has 2 N–H and O–H groups in total. The number of aromatic nitrogens is 1. The summed E-state index contributed by atoms with van der Waals surface area (Å²) in [7, 11) is 0. The second-order valence-electron chi connectivity index (χ2n) is 3.81. The van der Waals surface area contributed by atoms with Gasteiger partial charge in [-0.2, -0.15) is 0 Å². The van der Waals surface area contributed by atoms with E-state index in [1.165, 1.54) is 12.8 Å². The highest BCUT2D eigenvalue weighted by Crippen LogP contribution is 2.18. The number of hydrogen-bond acceptors (Lipinski definition) is 3. The van der Waals surface area contributed by atoms with Crippen LogP contribution in [-0.4, -0.2) is 10.7 Å². The molecule has 1 aromatic rings. The van der Waals surface area contributed by atoms with E-state index < -0.39 is 0 Å². The van der Waals surface area contributed by atoms with Crippen molar-refractivity contribution in [3.8, 4) is 0 Å². The summed E-state index contributed by atoms with van der Waals surface area (Å²) in [5.74, 6) is 1.95. The van der Waals surface area contributed by atoms with Gasteiger partial charge in [0.15, 0.2) is 0 Å². The number of nitrogens with two attached hydrogens (primary N) is 1. The summed E-state index contributed by atoms with van der Waals surface area (Å²) in [6, 6.07) is 3.88. The fraction of sp³-hybridized carbons (Fsp3) is 0.545. The minimum Gasteiger partial charge on any atom is -0.397 e. The van der Waals surface area contributed by atoms with Crippen LogP contribution in [0.15, 0.2) is 23.4 Å². The smallest absolute Gasteiger partial charge is 0.0961 e. The minimum absolute atomic E-state index is 0.733. The van der Waals surface area contributed by atoms with Gasteiger partial charge in [0.05, 0.1) is 16.9 Å². The van der Waals surface area contributed by atoms with Crippen molar-refractivity contribution in [3.05, 3.63) is 18.3 Å². The Morgan fingerprint density at radius 1 is 1.43 bits per heavy atom. The first-order valence-electron chi connectivity index (χ1n) is 5.03. The quantitative estimate of drug-likeness (QED) is 0.599. The predicted octanol–water partition coefficient (Wildman–Crippen LogP) is 3.19. The van der Waals surface area contributed by atoms with Crippen LogP contribution in [-0.2, 0) is 0 Å². The SMILES string of the molecule is CC(C)CCCSc1ccc(N)cn1. The van der Waals surface area contributed by atoms with E-state index in [2.05, 4.69) is 18.8 Å². The third-order valence-electron chi connectivity index (χ3n) is 1.93. The summed E-state index contributed by atoms with van der Waals surface area (Å²) >= 11 is 1.80. The Morgan fingerprint density at radius 3 is 2.79 bits per heavy atom. The highest BCUT2D eigenvalue weighted by Gasteiger charge is 1.97. The standard InChI is InChI=1S/C11H18N2S/c1-9(2)4-3-7-14-11-6-5-10(12)8-13-11/h5-6,8-9H,3-4,7,12H2,1-2H3. The lowest BCUT2D eigenvalue weighted by molar-refractivity contribution is 0.579. The van der Waals surface area contributed by atoms with Crippen molar-refractivity contribution in [2.24, 2.45) is 5.92 Å². The molecular weight excluding hydrogens is 192 g/mol. The average molecular weight is 210 g/mol. The monoisotopic (exact) mass is 210 g/mol. The molecule has 0 atom stereocenters. The van der Waals surface area contributed by atoms with Gasteiger partial charge in [-0.3, -0.25) is 0 Å². The molecule has 0 aliphatic heterocycles. The Morgan fingerprint density at radius 2 is 2.21 bits per heavy atom. The topological polar surface area (TPSA) is 38.9 Å². The number of rotatable bonds is 5. The maximum absolute atomic E-state index is 5.55. The molecule has 1 aromatic heterocycles. The molecule has 78 valence electrons. The largest absolute Gasteiger partial charge is 0.397 e. The molecule has 0 saturated carbocycles. The van der Waals surface area contributed by atoms with E-state index in [-0.39, 0.29) is 0 Å². The van der Waals surface area contributed by atoms with Crippen LogP contribution in [0, 0.1) is 5.92 Å². The van der Waals surface area contributed by atoms with Crippen LogP contribution in [0.25, 0.3) is 0 Å². The first-order chi connectivity index (χ1) is 6.68. The molecule has 14 heavy (non-hydrogen) atoms. The molecular formula is C11H18N2S. The van der Waals surface area contributed by atoms with Crippen LogP contribution in [0.1, 0.15) is 26.7 Å². The van der Waals surface area contributed by atoms with Gasteiger partial charge in [0.2, 0.25) is 0 Å². The predicted molar refractivity (Wildman–Crippen MR) is 63.4 cm³/mol. The fourth-order valence-electron chi connectivity index (χ4n) is 1.15. The number of nitrogens with zero attached hydrogens (tertiary/aromatic N) is 1. The van der Waals surface area contributed by atoms with Crippen LogP contribution in [0.5, 0.6) is 0 Å². The molecule has 0 unspecified atom stereocenters. The first-order valence-corrected chi connectivity index (χ1v) is 6.01. The molecule has 0 aliphatic carbocycles. The van der Waals surface area contributed by atoms with E-state index >= 15 is 0 Å². The maximum atomic E-state index is 5.55. The first kappa shape index (κ1) is 11.4. The van der Waals surface area contributed by atoms with Crippen molar-refractivity contribution in [2.45, 2.75) is 31.7 Å². The van der Waals surface area contributed by atoms with Gasteiger partial charge in [-0.15, -0.1) is 11.8 Å². The van der Waals surface area contributed by atoms with Gasteiger partial charge in [0.25, 0.3) is 0 Å². The van der Waals surface area contributed by atoms with E-state index in [9.17, 15) is 0 Å². The second-order valence-corrected chi connectivity index (χ2v) is 4.93. The summed E-state index contributed by atoms with van der Waals surface area (Å²) in [6.07, 6.45) is 4.27. The molecule has 0 aromatic carbocycles. The van der Waals surface area contributed by atoms with Gasteiger partial charge in [0.1, 0.15) is 0 Å². The Labute approximate surface area is 90.3 Å². The van der Waals surface area contributed by atoms with Crippen molar-refractivity contribution in [1.82, 2.24) is 4.98 Å². The highest BCUT2D eigenvalue weighted by molar-refractivity contribution is 7.99. The molecule has 1 rings (SSSR count). The van der Waals surface area contributed by atoms with Crippen molar-refractivity contribution in [3.63, 3.8) is 0 Å². The van der Waals surface area contributed by atoms with Crippen molar-refractivity contribution < 1.29 is 0 Å². The Kier molecular flexibility index (Phi) is 4.80. The zero-order chi connectivity index (χ0) is 10.4. The van der Waals surface area contributed by atoms with Gasteiger partial charge in [0, 0.05) is 0 Å². The lowest BCUT2D eigenvalue weighted by atomic mass is 10.1. The van der Waals surface area contributed by atoms with Crippen LogP contribution in [0.2, 0.25) is 0 Å². The average Bonchev–Trinajstić information content (AvgIpc) is 2.15. The van der Waals surface area contributed by atoms with Crippen molar-refractivity contribution >= 4 is 17.4 Å². The molecule has 0 spiro atoms. The van der Waals surface area contributed by atoms with Crippen LogP contribution in [0.4, 0.5) is 5.69 Å². The molecule has 0 radical (unpaired) electrons. The zero-order valence-electron chi connectivity index (χ0n) is 8.86. The zero-order valence-corrected chi connectivity index (χ0v) is 9.68. The number of pyridine rings is 1. The van der Waals surface area contributed by atoms with E-state index in [1.807, 2.05) is 12.1 Å². The summed E-state index contributed by atoms with van der Waals surface area (Å²) in [5.41, 5.74) is 6.28. The van der Waals surface area contributed by atoms with Crippen molar-refractivity contribution in [1.29, 1.82) is 0 Å². The van der Waals surface area contributed by atoms with Gasteiger partial charge in [-0.25, -0.2) is 4.98 Å². The number of anilines is 1. The highest BCUT2D eigenvalue weighted by atomic mass is 32.2. The lowest BCUT2D eigenvalue weighted by Crippen LogP contribution is -1.90. The molecule has 0 aliphatic rings. The summed E-state index contributed by atoms with van der Waals surface area (Å²) in [4.78, 5) is 4.23. The minimum atomic E-state index is 0.733. The maximum Gasteiger partial charge on any atom is 0.0961 e. The Hall–Kier alpha value is -0.700. The fourth-order valence-corrected chi connectivity index (χ4v) is 1.96. The van der Waals surface area contributed by atoms with E-state index in [0.29, 0.717) is 0 Å². The molecule has 3 heteroatoms. The third-order valence-corrected chi connectivity index (χ3v) is 2.97. The van der Waals surface area contributed by atoms with E-state index in [1.54, 1.807) is 18.0 Å². The van der Waals surface area contributed by atoms with Crippen LogP contribution in [0.3, 0.4) is 0 Å². The van der Waals surface area contributed by atoms with Gasteiger partial charge in [-0.1, -0.05) is 20.3 Å². The third kappa shape index (κ3) is 4.51. The molecule has 0 bridgehead atoms. The van der Waals surface area contributed by atoms with Crippen LogP contribution < -0.4 is 5.73 Å². The molecule has 0 saturated heterocycles. The number of nitrogen functional groups attached to an aromatic ring is 1. The van der Waals surface area contributed by atoms with Crippen molar-refractivity contribution in [2.75, 3.05) is 11.5 Å². The molecule has 2 nitrogen and oxygen atoms in total. The molecule has 0 fully saturated rings. The van der Waals surface area contributed by atoms with Gasteiger partial charge >= 0.3 is 0 Å². The molecule has 1 heterocycles. The second kappa shape index (κ2) is 5.91. The van der Waals surface area contributed by atoms with E-state index in [4.69, 9.17) is 5.73 Å². The van der Waals surface area contributed by atoms with Gasteiger partial charge in [-0.05, 0) is 30.2 Å². The Bertz CT molecular complexity index is 256. The van der Waals surface area contributed by atoms with Gasteiger partial charge < -0.3 is 5.73 Å².